The smallest absolute Gasteiger partial charge is 0.275 e. The second kappa shape index (κ2) is 7.77. The van der Waals surface area contributed by atoms with Crippen molar-refractivity contribution < 1.29 is 14.3 Å². The van der Waals surface area contributed by atoms with Crippen LogP contribution in [-0.4, -0.2) is 56.8 Å². The van der Waals surface area contributed by atoms with Crippen LogP contribution in [0.2, 0.25) is 0 Å². The summed E-state index contributed by atoms with van der Waals surface area (Å²) >= 11 is 0. The molecular weight excluding hydrogens is 394 g/mol. The molecule has 31 heavy (non-hydrogen) atoms. The standard InChI is InChI=1S/C23H25N5O3/c1-27-19-5-3-2-4-18(19)21(26-27)22(30)28-14-23(15-28)11-17(13-31-23)10-20(29)25-12-16-6-8-24-9-7-16/h2-9,17H,10-15H2,1H3,(H,25,29). The number of hydrogen-bond acceptors (Lipinski definition) is 5. The highest BCUT2D eigenvalue weighted by atomic mass is 16.5. The van der Waals surface area contributed by atoms with Gasteiger partial charge in [-0.25, -0.2) is 0 Å². The number of amides is 2. The number of fused-ring (bicyclic) bond motifs is 1. The van der Waals surface area contributed by atoms with Crippen molar-refractivity contribution in [3.05, 3.63) is 60.0 Å². The first-order valence-corrected chi connectivity index (χ1v) is 10.5. The fraction of sp³-hybridized carbons (Fsp3) is 0.391. The van der Waals surface area contributed by atoms with Crippen molar-refractivity contribution in [3.63, 3.8) is 0 Å². The zero-order valence-corrected chi connectivity index (χ0v) is 17.5. The fourth-order valence-electron chi connectivity index (χ4n) is 4.64. The average molecular weight is 419 g/mol. The van der Waals surface area contributed by atoms with Gasteiger partial charge in [-0.1, -0.05) is 18.2 Å². The second-order valence-corrected chi connectivity index (χ2v) is 8.55. The van der Waals surface area contributed by atoms with E-state index in [-0.39, 0.29) is 23.3 Å². The molecule has 0 aliphatic carbocycles. The summed E-state index contributed by atoms with van der Waals surface area (Å²) in [5.74, 6) is 0.129. The predicted molar refractivity (Wildman–Crippen MR) is 114 cm³/mol. The molecule has 0 saturated carbocycles. The Kier molecular flexibility index (Phi) is 4.94. The van der Waals surface area contributed by atoms with Crippen LogP contribution in [0.1, 0.15) is 28.9 Å². The maximum absolute atomic E-state index is 13.0. The van der Waals surface area contributed by atoms with Crippen molar-refractivity contribution >= 4 is 22.7 Å². The molecule has 5 rings (SSSR count). The summed E-state index contributed by atoms with van der Waals surface area (Å²) < 4.78 is 7.79. The molecule has 0 radical (unpaired) electrons. The first-order valence-electron chi connectivity index (χ1n) is 10.5. The van der Waals surface area contributed by atoms with Gasteiger partial charge in [0.15, 0.2) is 5.69 Å². The lowest BCUT2D eigenvalue weighted by Gasteiger charge is -2.46. The quantitative estimate of drug-likeness (QED) is 0.682. The molecule has 0 bridgehead atoms. The minimum atomic E-state index is -0.323. The third-order valence-electron chi connectivity index (χ3n) is 6.20. The summed E-state index contributed by atoms with van der Waals surface area (Å²) in [6, 6.07) is 11.5. The summed E-state index contributed by atoms with van der Waals surface area (Å²) in [5, 5.41) is 8.26. The van der Waals surface area contributed by atoms with Crippen molar-refractivity contribution in [1.82, 2.24) is 25.0 Å². The van der Waals surface area contributed by atoms with Gasteiger partial charge in [0, 0.05) is 37.8 Å². The highest BCUT2D eigenvalue weighted by Crippen LogP contribution is 2.40. The highest BCUT2D eigenvalue weighted by molar-refractivity contribution is 6.05. The van der Waals surface area contributed by atoms with E-state index >= 15 is 0 Å². The number of hydrogen-bond donors (Lipinski definition) is 1. The van der Waals surface area contributed by atoms with Crippen LogP contribution in [0.5, 0.6) is 0 Å². The number of aryl methyl sites for hydroxylation is 1. The SMILES string of the molecule is Cn1nc(C(=O)N2CC3(CC(CC(=O)NCc4ccncc4)CO3)C2)c2ccccc21. The molecule has 2 amide bonds. The van der Waals surface area contributed by atoms with Gasteiger partial charge < -0.3 is 15.0 Å². The lowest BCUT2D eigenvalue weighted by atomic mass is 9.85. The number of carbonyl (C=O) groups excluding carboxylic acids is 2. The topological polar surface area (TPSA) is 89.4 Å². The van der Waals surface area contributed by atoms with Crippen LogP contribution in [0.15, 0.2) is 48.8 Å². The number of pyridine rings is 1. The lowest BCUT2D eigenvalue weighted by Crippen LogP contribution is -2.63. The van der Waals surface area contributed by atoms with Gasteiger partial charge in [0.1, 0.15) is 5.60 Å². The molecule has 2 aromatic heterocycles. The normalized spacial score (nSPS) is 19.5. The second-order valence-electron chi connectivity index (χ2n) is 8.55. The zero-order chi connectivity index (χ0) is 21.4. The monoisotopic (exact) mass is 419 g/mol. The largest absolute Gasteiger partial charge is 0.371 e. The molecule has 160 valence electrons. The van der Waals surface area contributed by atoms with E-state index in [1.165, 1.54) is 0 Å². The molecule has 1 aromatic carbocycles. The van der Waals surface area contributed by atoms with E-state index in [0.717, 1.165) is 22.9 Å². The molecule has 1 spiro atoms. The van der Waals surface area contributed by atoms with Crippen molar-refractivity contribution in [3.8, 4) is 0 Å². The van der Waals surface area contributed by atoms with Crippen molar-refractivity contribution in [2.45, 2.75) is 25.0 Å². The minimum absolute atomic E-state index is 0.0228. The van der Waals surface area contributed by atoms with E-state index in [1.807, 2.05) is 43.4 Å². The Hall–Kier alpha value is -3.26. The number of ether oxygens (including phenoxy) is 1. The summed E-state index contributed by atoms with van der Waals surface area (Å²) in [6.07, 6.45) is 4.66. The number of para-hydroxylation sites is 1. The first-order chi connectivity index (χ1) is 15.0. The van der Waals surface area contributed by atoms with Crippen LogP contribution in [0.4, 0.5) is 0 Å². The van der Waals surface area contributed by atoms with Gasteiger partial charge in [0.2, 0.25) is 5.91 Å². The number of aromatic nitrogens is 3. The molecule has 2 aliphatic heterocycles. The summed E-state index contributed by atoms with van der Waals surface area (Å²) in [5.41, 5.74) is 2.13. The van der Waals surface area contributed by atoms with Gasteiger partial charge in [0.25, 0.3) is 5.91 Å². The Balaban J connectivity index is 1.14. The molecule has 1 atom stereocenters. The lowest BCUT2D eigenvalue weighted by molar-refractivity contribution is -0.122. The van der Waals surface area contributed by atoms with Crippen LogP contribution in [-0.2, 0) is 23.1 Å². The Morgan fingerprint density at radius 1 is 1.19 bits per heavy atom. The number of rotatable bonds is 5. The van der Waals surface area contributed by atoms with Gasteiger partial charge in [-0.15, -0.1) is 0 Å². The van der Waals surface area contributed by atoms with Gasteiger partial charge >= 0.3 is 0 Å². The Bertz CT molecular complexity index is 1120. The summed E-state index contributed by atoms with van der Waals surface area (Å²) in [4.78, 5) is 31.1. The third kappa shape index (κ3) is 3.79. The molecule has 2 saturated heterocycles. The van der Waals surface area contributed by atoms with Crippen LogP contribution in [0, 0.1) is 5.92 Å². The first kappa shape index (κ1) is 19.7. The molecule has 1 N–H and O–H groups in total. The third-order valence-corrected chi connectivity index (χ3v) is 6.20. The Labute approximate surface area is 180 Å². The fourth-order valence-corrected chi connectivity index (χ4v) is 4.64. The Morgan fingerprint density at radius 3 is 2.77 bits per heavy atom. The number of benzene rings is 1. The predicted octanol–water partition coefficient (Wildman–Crippen LogP) is 1.91. The molecule has 8 heteroatoms. The van der Waals surface area contributed by atoms with E-state index in [2.05, 4.69) is 15.4 Å². The maximum atomic E-state index is 13.0. The Morgan fingerprint density at radius 2 is 1.97 bits per heavy atom. The molecule has 2 aliphatic rings. The number of likely N-dealkylation sites (tertiary alicyclic amines) is 1. The van der Waals surface area contributed by atoms with Crippen molar-refractivity contribution in [1.29, 1.82) is 0 Å². The minimum Gasteiger partial charge on any atom is -0.371 e. The highest BCUT2D eigenvalue weighted by Gasteiger charge is 2.51. The molecular formula is C23H25N5O3. The zero-order valence-electron chi connectivity index (χ0n) is 17.5. The van der Waals surface area contributed by atoms with Gasteiger partial charge in [-0.3, -0.25) is 19.3 Å². The molecule has 3 aromatic rings. The number of carbonyl (C=O) groups is 2. The van der Waals surface area contributed by atoms with Crippen molar-refractivity contribution in [2.24, 2.45) is 13.0 Å². The van der Waals surface area contributed by atoms with Crippen LogP contribution < -0.4 is 5.32 Å². The summed E-state index contributed by atoms with van der Waals surface area (Å²) in [7, 11) is 1.85. The van der Waals surface area contributed by atoms with Gasteiger partial charge in [0.05, 0.1) is 25.2 Å². The van der Waals surface area contributed by atoms with Crippen LogP contribution in [0.25, 0.3) is 10.9 Å². The maximum Gasteiger partial charge on any atom is 0.275 e. The number of nitrogens with zero attached hydrogens (tertiary/aromatic N) is 4. The van der Waals surface area contributed by atoms with E-state index < -0.39 is 0 Å². The molecule has 8 nitrogen and oxygen atoms in total. The van der Waals surface area contributed by atoms with Gasteiger partial charge in [-0.2, -0.15) is 5.10 Å². The van der Waals surface area contributed by atoms with Gasteiger partial charge in [-0.05, 0) is 36.1 Å². The summed E-state index contributed by atoms with van der Waals surface area (Å²) in [6.45, 7) is 2.15. The van der Waals surface area contributed by atoms with Crippen LogP contribution in [0.3, 0.4) is 0 Å². The van der Waals surface area contributed by atoms with E-state index in [4.69, 9.17) is 4.74 Å². The molecule has 4 heterocycles. The number of nitrogens with one attached hydrogen (secondary N) is 1. The van der Waals surface area contributed by atoms with Crippen molar-refractivity contribution in [2.75, 3.05) is 19.7 Å². The van der Waals surface area contributed by atoms with E-state index in [1.54, 1.807) is 22.0 Å². The molecule has 2 fully saturated rings. The molecule has 1 unspecified atom stereocenters. The van der Waals surface area contributed by atoms with E-state index in [0.29, 0.717) is 38.4 Å². The van der Waals surface area contributed by atoms with Crippen LogP contribution >= 0.6 is 0 Å². The average Bonchev–Trinajstić information content (AvgIpc) is 3.33. The van der Waals surface area contributed by atoms with E-state index in [9.17, 15) is 9.59 Å².